The van der Waals surface area contributed by atoms with Gasteiger partial charge in [0, 0.05) is 17.1 Å². The van der Waals surface area contributed by atoms with Gasteiger partial charge in [-0.1, -0.05) is 13.8 Å². The lowest BCUT2D eigenvalue weighted by Gasteiger charge is -2.35. The zero-order valence-corrected chi connectivity index (χ0v) is 11.2. The molecule has 0 amide bonds. The van der Waals surface area contributed by atoms with Crippen LogP contribution in [0.15, 0.2) is 24.4 Å². The van der Waals surface area contributed by atoms with Crippen molar-refractivity contribution in [2.75, 3.05) is 5.32 Å². The van der Waals surface area contributed by atoms with Crippen molar-refractivity contribution in [1.29, 1.82) is 0 Å². The molecule has 3 rings (SSSR count). The Hall–Kier alpha value is -1.51. The summed E-state index contributed by atoms with van der Waals surface area (Å²) in [5.41, 5.74) is 2.85. The standard InChI is InChI=1S/C15H21N3/c1-15(2)7-5-12(6-8-15)17-13-4-3-11-10-16-18-14(11)9-13/h3-4,9-10,12,17H,5-8H2,1-2H3,(H,16,18). The highest BCUT2D eigenvalue weighted by molar-refractivity contribution is 5.81. The molecule has 0 saturated heterocycles. The number of aromatic amines is 1. The number of benzene rings is 1. The van der Waals surface area contributed by atoms with Crippen LogP contribution in [0.5, 0.6) is 0 Å². The maximum atomic E-state index is 4.06. The van der Waals surface area contributed by atoms with Crippen molar-refractivity contribution in [3.8, 4) is 0 Å². The lowest BCUT2D eigenvalue weighted by Crippen LogP contribution is -2.29. The molecule has 0 unspecified atom stereocenters. The van der Waals surface area contributed by atoms with Gasteiger partial charge in [-0.25, -0.2) is 0 Å². The summed E-state index contributed by atoms with van der Waals surface area (Å²) in [6.07, 6.45) is 7.04. The van der Waals surface area contributed by atoms with E-state index in [1.54, 1.807) is 0 Å². The highest BCUT2D eigenvalue weighted by atomic mass is 15.1. The molecule has 18 heavy (non-hydrogen) atoms. The van der Waals surface area contributed by atoms with Gasteiger partial charge >= 0.3 is 0 Å². The molecule has 0 bridgehead atoms. The summed E-state index contributed by atoms with van der Waals surface area (Å²) in [7, 11) is 0. The van der Waals surface area contributed by atoms with Crippen molar-refractivity contribution in [2.24, 2.45) is 5.41 Å². The molecule has 1 saturated carbocycles. The number of H-pyrrole nitrogens is 1. The lowest BCUT2D eigenvalue weighted by atomic mass is 9.75. The Kier molecular flexibility index (Phi) is 2.77. The predicted molar refractivity (Wildman–Crippen MR) is 75.8 cm³/mol. The molecule has 3 nitrogen and oxygen atoms in total. The number of hydrogen-bond acceptors (Lipinski definition) is 2. The van der Waals surface area contributed by atoms with E-state index in [9.17, 15) is 0 Å². The first-order valence-electron chi connectivity index (χ1n) is 6.82. The summed E-state index contributed by atoms with van der Waals surface area (Å²) < 4.78 is 0. The minimum absolute atomic E-state index is 0.533. The Balaban J connectivity index is 1.69. The second kappa shape index (κ2) is 4.30. The average Bonchev–Trinajstić information content (AvgIpc) is 2.79. The lowest BCUT2D eigenvalue weighted by molar-refractivity contribution is 0.232. The molecule has 0 atom stereocenters. The van der Waals surface area contributed by atoms with E-state index in [2.05, 4.69) is 47.6 Å². The molecule has 0 aliphatic heterocycles. The van der Waals surface area contributed by atoms with Gasteiger partial charge in [0.1, 0.15) is 0 Å². The number of fused-ring (bicyclic) bond motifs is 1. The van der Waals surface area contributed by atoms with E-state index in [-0.39, 0.29) is 0 Å². The first-order chi connectivity index (χ1) is 8.62. The molecule has 1 heterocycles. The van der Waals surface area contributed by atoms with Crippen LogP contribution in [0.4, 0.5) is 5.69 Å². The van der Waals surface area contributed by atoms with Crippen LogP contribution in [0, 0.1) is 5.41 Å². The van der Waals surface area contributed by atoms with Gasteiger partial charge in [-0.2, -0.15) is 5.10 Å². The molecule has 0 spiro atoms. The van der Waals surface area contributed by atoms with Gasteiger partial charge in [0.2, 0.25) is 0 Å². The fourth-order valence-corrected chi connectivity index (χ4v) is 2.81. The molecule has 1 fully saturated rings. The zero-order valence-electron chi connectivity index (χ0n) is 11.2. The van der Waals surface area contributed by atoms with Crippen molar-refractivity contribution in [3.63, 3.8) is 0 Å². The highest BCUT2D eigenvalue weighted by Crippen LogP contribution is 2.36. The molecule has 1 aliphatic carbocycles. The minimum atomic E-state index is 0.533. The van der Waals surface area contributed by atoms with Gasteiger partial charge in [0.25, 0.3) is 0 Å². The monoisotopic (exact) mass is 243 g/mol. The number of rotatable bonds is 2. The Labute approximate surface area is 108 Å². The van der Waals surface area contributed by atoms with Crippen molar-refractivity contribution in [2.45, 2.75) is 45.6 Å². The highest BCUT2D eigenvalue weighted by Gasteiger charge is 2.26. The third kappa shape index (κ3) is 2.35. The van der Waals surface area contributed by atoms with Gasteiger partial charge in [-0.3, -0.25) is 5.10 Å². The smallest absolute Gasteiger partial charge is 0.0670 e. The van der Waals surface area contributed by atoms with E-state index in [1.807, 2.05) is 6.20 Å². The van der Waals surface area contributed by atoms with Crippen LogP contribution in [-0.4, -0.2) is 16.2 Å². The van der Waals surface area contributed by atoms with Crippen LogP contribution >= 0.6 is 0 Å². The largest absolute Gasteiger partial charge is 0.382 e. The van der Waals surface area contributed by atoms with Crippen LogP contribution in [0.2, 0.25) is 0 Å². The van der Waals surface area contributed by atoms with E-state index in [0.717, 1.165) is 5.52 Å². The fraction of sp³-hybridized carbons (Fsp3) is 0.533. The van der Waals surface area contributed by atoms with Crippen LogP contribution in [0.25, 0.3) is 10.9 Å². The van der Waals surface area contributed by atoms with E-state index in [4.69, 9.17) is 0 Å². The van der Waals surface area contributed by atoms with Crippen molar-refractivity contribution in [3.05, 3.63) is 24.4 Å². The SMILES string of the molecule is CC1(C)CCC(Nc2ccc3cn[nH]c3c2)CC1. The fourth-order valence-electron chi connectivity index (χ4n) is 2.81. The third-order valence-corrected chi connectivity index (χ3v) is 4.15. The molecule has 2 aromatic rings. The van der Waals surface area contributed by atoms with Crippen LogP contribution in [0.1, 0.15) is 39.5 Å². The molecule has 1 aromatic carbocycles. The zero-order chi connectivity index (χ0) is 12.6. The normalized spacial score (nSPS) is 20.1. The molecule has 3 heteroatoms. The van der Waals surface area contributed by atoms with Gasteiger partial charge in [0.05, 0.1) is 11.7 Å². The number of anilines is 1. The Morgan fingerprint density at radius 3 is 2.83 bits per heavy atom. The Bertz CT molecular complexity index is 531. The second-order valence-electron chi connectivity index (χ2n) is 6.25. The summed E-state index contributed by atoms with van der Waals surface area (Å²) in [6.45, 7) is 4.75. The van der Waals surface area contributed by atoms with E-state index in [1.165, 1.54) is 36.8 Å². The van der Waals surface area contributed by atoms with Crippen molar-refractivity contribution >= 4 is 16.6 Å². The van der Waals surface area contributed by atoms with E-state index in [0.29, 0.717) is 11.5 Å². The van der Waals surface area contributed by atoms with Crippen molar-refractivity contribution in [1.82, 2.24) is 10.2 Å². The average molecular weight is 243 g/mol. The molecular formula is C15H21N3. The van der Waals surface area contributed by atoms with Gasteiger partial charge in [-0.15, -0.1) is 0 Å². The summed E-state index contributed by atoms with van der Waals surface area (Å²) >= 11 is 0. The first kappa shape index (κ1) is 11.6. The molecule has 1 aromatic heterocycles. The van der Waals surface area contributed by atoms with Gasteiger partial charge in [-0.05, 0) is 49.3 Å². The Morgan fingerprint density at radius 2 is 2.06 bits per heavy atom. The number of hydrogen-bond donors (Lipinski definition) is 2. The van der Waals surface area contributed by atoms with Gasteiger partial charge in [0.15, 0.2) is 0 Å². The number of nitrogens with zero attached hydrogens (tertiary/aromatic N) is 1. The maximum Gasteiger partial charge on any atom is 0.0670 e. The predicted octanol–water partition coefficient (Wildman–Crippen LogP) is 3.94. The quantitative estimate of drug-likeness (QED) is 0.838. The third-order valence-electron chi connectivity index (χ3n) is 4.15. The van der Waals surface area contributed by atoms with Crippen LogP contribution < -0.4 is 5.32 Å². The molecule has 0 radical (unpaired) electrons. The minimum Gasteiger partial charge on any atom is -0.382 e. The summed E-state index contributed by atoms with van der Waals surface area (Å²) in [4.78, 5) is 0. The number of nitrogens with one attached hydrogen (secondary N) is 2. The summed E-state index contributed by atoms with van der Waals surface area (Å²) in [5.74, 6) is 0. The first-order valence-corrected chi connectivity index (χ1v) is 6.82. The van der Waals surface area contributed by atoms with Gasteiger partial charge < -0.3 is 5.32 Å². The van der Waals surface area contributed by atoms with E-state index < -0.39 is 0 Å². The molecule has 1 aliphatic rings. The van der Waals surface area contributed by atoms with Crippen LogP contribution in [-0.2, 0) is 0 Å². The summed E-state index contributed by atoms with van der Waals surface area (Å²) in [5, 5.41) is 11.9. The maximum absolute atomic E-state index is 4.06. The second-order valence-corrected chi connectivity index (χ2v) is 6.25. The van der Waals surface area contributed by atoms with Crippen molar-refractivity contribution < 1.29 is 0 Å². The molecular weight excluding hydrogens is 222 g/mol. The Morgan fingerprint density at radius 1 is 1.28 bits per heavy atom. The molecule has 2 N–H and O–H groups in total. The summed E-state index contributed by atoms with van der Waals surface area (Å²) in [6, 6.07) is 7.05. The van der Waals surface area contributed by atoms with E-state index >= 15 is 0 Å². The van der Waals surface area contributed by atoms with Crippen LogP contribution in [0.3, 0.4) is 0 Å². The topological polar surface area (TPSA) is 40.7 Å². The molecule has 96 valence electrons. The number of aromatic nitrogens is 2.